The Morgan fingerprint density at radius 1 is 0.368 bits per heavy atom. The first-order chi connectivity index (χ1) is 18.5. The average Bonchev–Trinajstić information content (AvgIpc) is 2.92. The predicted octanol–water partition coefficient (Wildman–Crippen LogP) is 6.30. The summed E-state index contributed by atoms with van der Waals surface area (Å²) in [6.45, 7) is 0. The number of imide groups is 2. The molecule has 0 bridgehead atoms. The van der Waals surface area contributed by atoms with Crippen molar-refractivity contribution in [3.8, 4) is 0 Å². The number of benzene rings is 7. The third-order valence-electron chi connectivity index (χ3n) is 8.28. The fourth-order valence-electron chi connectivity index (χ4n) is 6.91. The van der Waals surface area contributed by atoms with Crippen molar-refractivity contribution in [3.05, 3.63) is 95.1 Å². The van der Waals surface area contributed by atoms with E-state index >= 15 is 0 Å². The summed E-state index contributed by atoms with van der Waals surface area (Å²) in [6.07, 6.45) is 0. The van der Waals surface area contributed by atoms with Gasteiger partial charge in [0.15, 0.2) is 0 Å². The van der Waals surface area contributed by atoms with Crippen molar-refractivity contribution in [2.75, 3.05) is 0 Å². The van der Waals surface area contributed by atoms with Crippen LogP contribution in [0.5, 0.6) is 0 Å². The summed E-state index contributed by atoms with van der Waals surface area (Å²) < 4.78 is 0. The number of rotatable bonds is 0. The van der Waals surface area contributed by atoms with Gasteiger partial charge in [-0.2, -0.15) is 0 Å². The molecule has 7 aromatic rings. The lowest BCUT2D eigenvalue weighted by Gasteiger charge is -2.26. The lowest BCUT2D eigenvalue weighted by molar-refractivity contribution is 0.0829. The fourth-order valence-corrected chi connectivity index (χ4v) is 6.91. The molecule has 180 valence electrons. The van der Waals surface area contributed by atoms with Gasteiger partial charge in [0.05, 0.1) is 11.1 Å². The topological polar surface area (TPSA) is 92.3 Å². The second-order valence-corrected chi connectivity index (χ2v) is 9.98. The first-order valence-corrected chi connectivity index (χ1v) is 12.3. The van der Waals surface area contributed by atoms with Crippen LogP contribution in [0, 0.1) is 0 Å². The number of carbonyl (C=O) groups is 4. The summed E-state index contributed by atoms with van der Waals surface area (Å²) in [5, 5.41) is 14.8. The lowest BCUT2D eigenvalue weighted by atomic mass is 9.78. The molecule has 0 aromatic heterocycles. The molecule has 0 atom stereocenters. The Kier molecular flexibility index (Phi) is 3.28. The standard InChI is InChI=1S/C32H14N2O4.2H2/c35-29-19-12-10-18-22-14-6-2-4-8-16(14)28-26-20(30(36)34-32(28)38)11-9-17(24(22)26)21-13-5-1-3-7-15(13)27(31(37)33-29)25(19)23(18)21;;/h1-12H,(H,33,35,37)(H,34,36,38);2*1H. The van der Waals surface area contributed by atoms with Crippen LogP contribution in [-0.2, 0) is 0 Å². The van der Waals surface area contributed by atoms with E-state index in [-0.39, 0.29) is 2.85 Å². The quantitative estimate of drug-likeness (QED) is 0.147. The first-order valence-electron chi connectivity index (χ1n) is 12.3. The van der Waals surface area contributed by atoms with Gasteiger partial charge in [0.25, 0.3) is 23.6 Å². The van der Waals surface area contributed by atoms with Crippen molar-refractivity contribution < 1.29 is 22.0 Å². The molecule has 6 heteroatoms. The molecule has 2 aliphatic rings. The highest BCUT2D eigenvalue weighted by molar-refractivity contribution is 6.49. The van der Waals surface area contributed by atoms with Gasteiger partial charge in [0, 0.05) is 24.8 Å². The Morgan fingerprint density at radius 2 is 0.763 bits per heavy atom. The summed E-state index contributed by atoms with van der Waals surface area (Å²) >= 11 is 0. The van der Waals surface area contributed by atoms with Crippen molar-refractivity contribution in [3.63, 3.8) is 0 Å². The van der Waals surface area contributed by atoms with Gasteiger partial charge in [-0.15, -0.1) is 0 Å². The Balaban J connectivity index is 0.00000132. The number of amides is 4. The van der Waals surface area contributed by atoms with Crippen molar-refractivity contribution >= 4 is 88.3 Å². The summed E-state index contributed by atoms with van der Waals surface area (Å²) in [6, 6.07) is 22.8. The van der Waals surface area contributed by atoms with Crippen molar-refractivity contribution in [2.45, 2.75) is 0 Å². The SMILES string of the molecule is O=C1NC(=O)c2c3ccccc3c3c4ccc5c6c(c7ccccc7c(c7ccc1c2c73)c64)C(=O)NC5=O.[HH].[HH]. The summed E-state index contributed by atoms with van der Waals surface area (Å²) in [5.74, 6) is -1.66. The molecule has 2 heterocycles. The third-order valence-corrected chi connectivity index (χ3v) is 8.28. The molecule has 0 aliphatic carbocycles. The zero-order chi connectivity index (χ0) is 25.4. The van der Waals surface area contributed by atoms with Gasteiger partial charge in [-0.05, 0) is 66.0 Å². The zero-order valence-corrected chi connectivity index (χ0v) is 19.6. The minimum Gasteiger partial charge on any atom is -0.288 e. The van der Waals surface area contributed by atoms with Gasteiger partial charge in [0.2, 0.25) is 0 Å². The van der Waals surface area contributed by atoms with Gasteiger partial charge < -0.3 is 0 Å². The van der Waals surface area contributed by atoms with Crippen molar-refractivity contribution in [1.29, 1.82) is 0 Å². The molecule has 0 spiro atoms. The third kappa shape index (κ3) is 2.05. The van der Waals surface area contributed by atoms with Gasteiger partial charge in [0.1, 0.15) is 0 Å². The Bertz CT molecular complexity index is 2210. The first kappa shape index (κ1) is 19.8. The highest BCUT2D eigenvalue weighted by Crippen LogP contribution is 2.50. The summed E-state index contributed by atoms with van der Waals surface area (Å²) in [5.41, 5.74) is 1.89. The lowest BCUT2D eigenvalue weighted by Crippen LogP contribution is -2.35. The smallest absolute Gasteiger partial charge is 0.259 e. The number of carbonyl (C=O) groups excluding carboxylic acids is 4. The molecule has 0 saturated carbocycles. The average molecular weight is 495 g/mol. The molecule has 6 nitrogen and oxygen atoms in total. The van der Waals surface area contributed by atoms with Crippen molar-refractivity contribution in [2.24, 2.45) is 0 Å². The van der Waals surface area contributed by atoms with Gasteiger partial charge >= 0.3 is 0 Å². The Hall–Kier alpha value is -5.36. The van der Waals surface area contributed by atoms with Crippen LogP contribution in [0.15, 0.2) is 72.8 Å². The minimum atomic E-state index is -0.418. The van der Waals surface area contributed by atoms with Crippen LogP contribution < -0.4 is 10.6 Å². The van der Waals surface area contributed by atoms with Crippen LogP contribution in [-0.4, -0.2) is 23.6 Å². The van der Waals surface area contributed by atoms with Crippen LogP contribution in [0.25, 0.3) is 64.6 Å². The van der Waals surface area contributed by atoms with Crippen LogP contribution >= 0.6 is 0 Å². The van der Waals surface area contributed by atoms with Crippen molar-refractivity contribution in [1.82, 2.24) is 10.6 Å². The number of hydrogen-bond donors (Lipinski definition) is 2. The molecule has 7 aromatic carbocycles. The predicted molar refractivity (Wildman–Crippen MR) is 150 cm³/mol. The maximum absolute atomic E-state index is 13.3. The Morgan fingerprint density at radius 3 is 1.18 bits per heavy atom. The molecule has 2 aliphatic heterocycles. The summed E-state index contributed by atoms with van der Waals surface area (Å²) in [7, 11) is 0. The van der Waals surface area contributed by atoms with Crippen LogP contribution in [0.3, 0.4) is 0 Å². The van der Waals surface area contributed by atoms with E-state index in [1.54, 1.807) is 12.1 Å². The molecule has 0 fully saturated rings. The molecular weight excluding hydrogens is 476 g/mol. The second kappa shape index (κ2) is 6.30. The maximum atomic E-state index is 13.3. The normalized spacial score (nSPS) is 14.9. The van der Waals surface area contributed by atoms with E-state index in [9.17, 15) is 19.2 Å². The van der Waals surface area contributed by atoms with Gasteiger partial charge in [-0.3, -0.25) is 29.8 Å². The van der Waals surface area contributed by atoms with E-state index in [0.717, 1.165) is 53.9 Å². The largest absolute Gasteiger partial charge is 0.288 e. The molecule has 2 N–H and O–H groups in total. The van der Waals surface area contributed by atoms with E-state index in [4.69, 9.17) is 0 Å². The Labute approximate surface area is 216 Å². The van der Waals surface area contributed by atoms with Crippen LogP contribution in [0.1, 0.15) is 44.3 Å². The molecule has 0 radical (unpaired) electrons. The highest BCUT2D eigenvalue weighted by atomic mass is 16.2. The fraction of sp³-hybridized carbons (Fsp3) is 0. The highest BCUT2D eigenvalue weighted by Gasteiger charge is 2.33. The van der Waals surface area contributed by atoms with E-state index in [1.165, 1.54) is 0 Å². The number of fused-ring (bicyclic) bond motifs is 8. The molecule has 0 saturated heterocycles. The summed E-state index contributed by atoms with van der Waals surface area (Å²) in [4.78, 5) is 52.5. The monoisotopic (exact) mass is 494 g/mol. The second-order valence-electron chi connectivity index (χ2n) is 9.98. The molecule has 4 amide bonds. The van der Waals surface area contributed by atoms with E-state index in [2.05, 4.69) is 10.6 Å². The van der Waals surface area contributed by atoms with E-state index in [0.29, 0.717) is 33.0 Å². The zero-order valence-electron chi connectivity index (χ0n) is 19.6. The van der Waals surface area contributed by atoms with Crippen LogP contribution in [0.4, 0.5) is 0 Å². The van der Waals surface area contributed by atoms with Crippen LogP contribution in [0.2, 0.25) is 0 Å². The number of hydrogen-bond acceptors (Lipinski definition) is 4. The van der Waals surface area contributed by atoms with E-state index in [1.807, 2.05) is 60.7 Å². The maximum Gasteiger partial charge on any atom is 0.259 e. The van der Waals surface area contributed by atoms with E-state index < -0.39 is 23.6 Å². The molecule has 38 heavy (non-hydrogen) atoms. The van der Waals surface area contributed by atoms with Gasteiger partial charge in [-0.1, -0.05) is 60.7 Å². The number of nitrogens with one attached hydrogen (secondary N) is 2. The van der Waals surface area contributed by atoms with Gasteiger partial charge in [-0.25, -0.2) is 0 Å². The molecular formula is C32H18N2O4. The minimum absolute atomic E-state index is 0. The molecule has 9 rings (SSSR count). The molecule has 0 unspecified atom stereocenters.